The maximum atomic E-state index is 11.7. The number of ether oxygens (including phenoxy) is 1. The summed E-state index contributed by atoms with van der Waals surface area (Å²) in [5.74, 6) is 0.929. The van der Waals surface area contributed by atoms with E-state index in [4.69, 9.17) is 14.4 Å². The fourth-order valence-corrected chi connectivity index (χ4v) is 1.60. The van der Waals surface area contributed by atoms with Gasteiger partial charge in [0.15, 0.2) is 12.4 Å². The van der Waals surface area contributed by atoms with E-state index in [2.05, 4.69) is 10.5 Å². The molecular formula is C15H13N3O3. The lowest BCUT2D eigenvalue weighted by Gasteiger charge is -2.04. The van der Waals surface area contributed by atoms with Crippen LogP contribution in [0.3, 0.4) is 0 Å². The van der Waals surface area contributed by atoms with Crippen LogP contribution in [0.15, 0.2) is 45.9 Å². The number of para-hydroxylation sites is 1. The maximum Gasteiger partial charge on any atom is 0.307 e. The summed E-state index contributed by atoms with van der Waals surface area (Å²) in [5.41, 5.74) is 3.02. The monoisotopic (exact) mass is 283 g/mol. The van der Waals surface area contributed by atoms with Gasteiger partial charge in [0, 0.05) is 5.56 Å². The van der Waals surface area contributed by atoms with Crippen LogP contribution in [0.4, 0.5) is 0 Å². The third-order valence-corrected chi connectivity index (χ3v) is 2.55. The molecule has 0 aliphatic heterocycles. The van der Waals surface area contributed by atoms with E-state index in [1.807, 2.05) is 6.07 Å². The standard InChI is InChI=1S/C15H13N3O3/c1-11-6-7-14(21-11)15(19)18-17-10-12-4-2-3-5-13(12)20-9-8-16/h2-7,10H,9H2,1H3,(H,18,19). The van der Waals surface area contributed by atoms with E-state index in [-0.39, 0.29) is 12.4 Å². The van der Waals surface area contributed by atoms with Gasteiger partial charge in [-0.05, 0) is 31.2 Å². The molecule has 0 atom stereocenters. The van der Waals surface area contributed by atoms with E-state index in [1.54, 1.807) is 43.3 Å². The first-order valence-electron chi connectivity index (χ1n) is 6.19. The molecule has 6 nitrogen and oxygen atoms in total. The molecule has 106 valence electrons. The smallest absolute Gasteiger partial charge is 0.307 e. The second-order valence-electron chi connectivity index (χ2n) is 4.09. The summed E-state index contributed by atoms with van der Waals surface area (Å²) in [7, 11) is 0. The fraction of sp³-hybridized carbons (Fsp3) is 0.133. The summed E-state index contributed by atoms with van der Waals surface area (Å²) in [5, 5.41) is 12.4. The van der Waals surface area contributed by atoms with Gasteiger partial charge in [0.05, 0.1) is 6.21 Å². The Kier molecular flexibility index (Phi) is 4.72. The second kappa shape index (κ2) is 6.91. The van der Waals surface area contributed by atoms with Crippen molar-refractivity contribution in [2.45, 2.75) is 6.92 Å². The molecule has 1 N–H and O–H groups in total. The Hall–Kier alpha value is -3.07. The van der Waals surface area contributed by atoms with Gasteiger partial charge in [0.25, 0.3) is 0 Å². The van der Waals surface area contributed by atoms with Crippen LogP contribution in [0, 0.1) is 18.3 Å². The van der Waals surface area contributed by atoms with E-state index in [0.717, 1.165) is 0 Å². The Morgan fingerprint density at radius 2 is 2.24 bits per heavy atom. The van der Waals surface area contributed by atoms with Crippen LogP contribution in [0.5, 0.6) is 5.75 Å². The zero-order valence-electron chi connectivity index (χ0n) is 11.4. The first-order chi connectivity index (χ1) is 10.2. The van der Waals surface area contributed by atoms with Crippen molar-refractivity contribution in [1.29, 1.82) is 5.26 Å². The van der Waals surface area contributed by atoms with E-state index in [9.17, 15) is 4.79 Å². The van der Waals surface area contributed by atoms with Crippen molar-refractivity contribution in [1.82, 2.24) is 5.43 Å². The fourth-order valence-electron chi connectivity index (χ4n) is 1.60. The van der Waals surface area contributed by atoms with Gasteiger partial charge in [-0.3, -0.25) is 4.79 Å². The van der Waals surface area contributed by atoms with Crippen LogP contribution < -0.4 is 10.2 Å². The maximum absolute atomic E-state index is 11.7. The average molecular weight is 283 g/mol. The number of hydrogen-bond acceptors (Lipinski definition) is 5. The minimum Gasteiger partial charge on any atom is -0.478 e. The van der Waals surface area contributed by atoms with Gasteiger partial charge in [0.2, 0.25) is 0 Å². The number of nitrogens with zero attached hydrogens (tertiary/aromatic N) is 2. The largest absolute Gasteiger partial charge is 0.478 e. The predicted molar refractivity (Wildman–Crippen MR) is 76.1 cm³/mol. The van der Waals surface area contributed by atoms with Gasteiger partial charge in [-0.25, -0.2) is 5.43 Å². The highest BCUT2D eigenvalue weighted by Crippen LogP contribution is 2.15. The van der Waals surface area contributed by atoms with Gasteiger partial charge in [-0.2, -0.15) is 10.4 Å². The van der Waals surface area contributed by atoms with E-state index in [1.165, 1.54) is 6.21 Å². The van der Waals surface area contributed by atoms with Crippen molar-refractivity contribution in [2.24, 2.45) is 5.10 Å². The first-order valence-corrected chi connectivity index (χ1v) is 6.19. The SMILES string of the molecule is Cc1ccc(C(=O)NN=Cc2ccccc2OCC#N)o1. The third-order valence-electron chi connectivity index (χ3n) is 2.55. The van der Waals surface area contributed by atoms with Crippen molar-refractivity contribution in [3.05, 3.63) is 53.5 Å². The van der Waals surface area contributed by atoms with Crippen molar-refractivity contribution < 1.29 is 13.9 Å². The lowest BCUT2D eigenvalue weighted by Crippen LogP contribution is -2.16. The highest BCUT2D eigenvalue weighted by molar-refractivity contribution is 5.92. The normalized spacial score (nSPS) is 10.3. The molecule has 1 aromatic heterocycles. The number of nitriles is 1. The van der Waals surface area contributed by atoms with E-state index < -0.39 is 5.91 Å². The lowest BCUT2D eigenvalue weighted by molar-refractivity contribution is 0.0926. The number of amides is 1. The quantitative estimate of drug-likeness (QED) is 0.673. The molecule has 0 aliphatic rings. The molecule has 0 fully saturated rings. The number of nitrogens with one attached hydrogen (secondary N) is 1. The first kappa shape index (κ1) is 14.3. The molecule has 0 bridgehead atoms. The molecule has 1 aromatic carbocycles. The Morgan fingerprint density at radius 3 is 2.95 bits per heavy atom. The van der Waals surface area contributed by atoms with Crippen molar-refractivity contribution in [2.75, 3.05) is 6.61 Å². The van der Waals surface area contributed by atoms with Gasteiger partial charge in [-0.1, -0.05) is 12.1 Å². The summed E-state index contributed by atoms with van der Waals surface area (Å²) in [4.78, 5) is 11.7. The second-order valence-corrected chi connectivity index (χ2v) is 4.09. The van der Waals surface area contributed by atoms with Gasteiger partial charge in [0.1, 0.15) is 17.6 Å². The van der Waals surface area contributed by atoms with Gasteiger partial charge >= 0.3 is 5.91 Å². The molecule has 0 unspecified atom stereocenters. The molecule has 0 spiro atoms. The summed E-state index contributed by atoms with van der Waals surface area (Å²) in [6.45, 7) is 1.70. The van der Waals surface area contributed by atoms with Crippen LogP contribution in [-0.4, -0.2) is 18.7 Å². The number of furan rings is 1. The topological polar surface area (TPSA) is 87.6 Å². The highest BCUT2D eigenvalue weighted by Gasteiger charge is 2.08. The average Bonchev–Trinajstić information content (AvgIpc) is 2.93. The Balaban J connectivity index is 2.01. The van der Waals surface area contributed by atoms with Gasteiger partial charge < -0.3 is 9.15 Å². The summed E-state index contributed by atoms with van der Waals surface area (Å²) in [6.07, 6.45) is 1.44. The van der Waals surface area contributed by atoms with Crippen LogP contribution in [-0.2, 0) is 0 Å². The molecular weight excluding hydrogens is 270 g/mol. The van der Waals surface area contributed by atoms with Crippen LogP contribution >= 0.6 is 0 Å². The summed E-state index contributed by atoms with van der Waals surface area (Å²) in [6, 6.07) is 12.2. The number of carbonyl (C=O) groups is 1. The third kappa shape index (κ3) is 3.94. The Labute approximate surface area is 121 Å². The molecule has 2 rings (SSSR count). The van der Waals surface area contributed by atoms with Crippen LogP contribution in [0.2, 0.25) is 0 Å². The number of aryl methyl sites for hydroxylation is 1. The number of carbonyl (C=O) groups excluding carboxylic acids is 1. The number of hydrazone groups is 1. The molecule has 21 heavy (non-hydrogen) atoms. The molecule has 0 saturated heterocycles. The molecule has 6 heteroatoms. The Bertz CT molecular complexity index is 698. The molecule has 2 aromatic rings. The lowest BCUT2D eigenvalue weighted by atomic mass is 10.2. The minimum atomic E-state index is -0.435. The van der Waals surface area contributed by atoms with Gasteiger partial charge in [-0.15, -0.1) is 0 Å². The molecule has 0 saturated carbocycles. The van der Waals surface area contributed by atoms with Crippen molar-refractivity contribution in [3.63, 3.8) is 0 Å². The number of hydrogen-bond donors (Lipinski definition) is 1. The zero-order chi connectivity index (χ0) is 15.1. The zero-order valence-corrected chi connectivity index (χ0v) is 11.4. The van der Waals surface area contributed by atoms with Crippen LogP contribution in [0.1, 0.15) is 21.9 Å². The van der Waals surface area contributed by atoms with Crippen LogP contribution in [0.25, 0.3) is 0 Å². The van der Waals surface area contributed by atoms with Crippen molar-refractivity contribution in [3.8, 4) is 11.8 Å². The highest BCUT2D eigenvalue weighted by atomic mass is 16.5. The predicted octanol–water partition coefficient (Wildman–Crippen LogP) is 2.25. The summed E-state index contributed by atoms with van der Waals surface area (Å²) < 4.78 is 10.4. The number of rotatable bonds is 5. The number of benzene rings is 1. The van der Waals surface area contributed by atoms with E-state index in [0.29, 0.717) is 17.1 Å². The molecule has 1 heterocycles. The summed E-state index contributed by atoms with van der Waals surface area (Å²) >= 11 is 0. The molecule has 0 radical (unpaired) electrons. The molecule has 0 aliphatic carbocycles. The minimum absolute atomic E-state index is 0.0527. The van der Waals surface area contributed by atoms with E-state index >= 15 is 0 Å². The Morgan fingerprint density at radius 1 is 1.43 bits per heavy atom. The molecule has 1 amide bonds. The van der Waals surface area contributed by atoms with Crippen molar-refractivity contribution >= 4 is 12.1 Å².